The molecule has 0 fully saturated rings. The van der Waals surface area contributed by atoms with Gasteiger partial charge in [-0.25, -0.2) is 19.9 Å². The number of nitrogens with zero attached hydrogens (tertiary/aromatic N) is 8. The summed E-state index contributed by atoms with van der Waals surface area (Å²) >= 11 is 0. The molecule has 524 valence electrons. The first-order valence-electron chi connectivity index (χ1n) is 38.0. The van der Waals surface area contributed by atoms with E-state index in [1.54, 1.807) is 0 Å². The van der Waals surface area contributed by atoms with Crippen LogP contribution in [0.15, 0.2) is 413 Å². The fourth-order valence-electron chi connectivity index (χ4n) is 16.6. The van der Waals surface area contributed by atoms with Crippen molar-refractivity contribution in [3.63, 3.8) is 0 Å². The van der Waals surface area contributed by atoms with Gasteiger partial charge in [0.2, 0.25) is 0 Å². The van der Waals surface area contributed by atoms with E-state index in [9.17, 15) is 0 Å². The van der Waals surface area contributed by atoms with Crippen LogP contribution in [0.4, 0.5) is 0 Å². The molecule has 8 heterocycles. The smallest absolute Gasteiger partial charge is 0.145 e. The Hall–Kier alpha value is -15.1. The highest BCUT2D eigenvalue weighted by atomic mass is 15.1. The highest BCUT2D eigenvalue weighted by Crippen LogP contribution is 2.43. The zero-order valence-corrected chi connectivity index (χ0v) is 60.8. The van der Waals surface area contributed by atoms with Crippen molar-refractivity contribution < 1.29 is 0 Å². The largest absolute Gasteiger partial charge is 0.309 e. The van der Waals surface area contributed by atoms with Gasteiger partial charge >= 0.3 is 0 Å². The highest BCUT2D eigenvalue weighted by molar-refractivity contribution is 6.14. The monoisotopic (exact) mass is 1430 g/mol. The van der Waals surface area contributed by atoms with E-state index in [0.29, 0.717) is 0 Å². The minimum absolute atomic E-state index is 0.921. The number of hydrogen-bond acceptors (Lipinski definition) is 4. The van der Waals surface area contributed by atoms with E-state index in [1.807, 2.05) is 30.6 Å². The molecule has 0 atom stereocenters. The second kappa shape index (κ2) is 27.6. The van der Waals surface area contributed by atoms with E-state index in [0.717, 1.165) is 145 Å². The summed E-state index contributed by atoms with van der Waals surface area (Å²) in [6, 6.07) is 142. The Kier molecular flexibility index (Phi) is 16.1. The molecule has 0 aliphatic heterocycles. The van der Waals surface area contributed by atoms with E-state index >= 15 is 0 Å². The molecule has 8 aromatic heterocycles. The van der Waals surface area contributed by atoms with Crippen molar-refractivity contribution >= 4 is 87.5 Å². The molecule has 0 saturated carbocycles. The third kappa shape index (κ3) is 11.6. The summed E-state index contributed by atoms with van der Waals surface area (Å²) < 4.78 is 9.29. The Morgan fingerprint density at radius 1 is 0.152 bits per heavy atom. The number of aromatic nitrogens is 8. The van der Waals surface area contributed by atoms with Gasteiger partial charge in [-0.3, -0.25) is 9.13 Å². The molecular weight excluding hydrogens is 1360 g/mol. The standard InChI is InChI=1S/2C52H34N4/c1-4-15-35(16-5-1)39-32-47(36-17-6-2-7-18-36)54-48(33-39)38-19-14-22-42(29-38)56-50-26-13-11-24-44(50)46-31-40(34-53-52(46)56)37-27-28-51-45(30-37)43-23-10-12-25-49(43)55(51)41-20-8-3-9-21-41;1-4-15-35(16-5-1)47-32-39(33-48(54-47)36-17-6-2-7-18-36)37-19-14-22-42(29-37)56-50-26-13-11-24-44(50)46-31-40(34-53-52(46)56)38-27-28-51-45(30-38)43-23-10-12-25-49(43)55(51)41-20-8-3-9-21-41/h2*1-34H. The first-order valence-corrected chi connectivity index (χ1v) is 38.0. The average Bonchev–Trinajstić information content (AvgIpc) is 1.59. The van der Waals surface area contributed by atoms with Gasteiger partial charge < -0.3 is 9.13 Å². The van der Waals surface area contributed by atoms with Crippen LogP contribution in [-0.4, -0.2) is 38.2 Å². The number of hydrogen-bond donors (Lipinski definition) is 0. The van der Waals surface area contributed by atoms with Gasteiger partial charge in [-0.15, -0.1) is 0 Å². The summed E-state index contributed by atoms with van der Waals surface area (Å²) in [7, 11) is 0. The first kappa shape index (κ1) is 65.2. The second-order valence-corrected chi connectivity index (χ2v) is 28.6. The summed E-state index contributed by atoms with van der Waals surface area (Å²) in [6.45, 7) is 0. The minimum Gasteiger partial charge on any atom is -0.309 e. The lowest BCUT2D eigenvalue weighted by molar-refractivity contribution is 1.13. The molecule has 0 N–H and O–H groups in total. The Balaban J connectivity index is 0.000000141. The quantitative estimate of drug-likeness (QED) is 0.122. The maximum atomic E-state index is 5.22. The average molecular weight is 1430 g/mol. The van der Waals surface area contributed by atoms with Crippen LogP contribution in [0, 0.1) is 0 Å². The van der Waals surface area contributed by atoms with E-state index in [1.165, 1.54) is 54.4 Å². The van der Waals surface area contributed by atoms with Crippen LogP contribution in [-0.2, 0) is 0 Å². The van der Waals surface area contributed by atoms with E-state index in [4.69, 9.17) is 19.9 Å². The molecule has 8 heteroatoms. The summed E-state index contributed by atoms with van der Waals surface area (Å²) in [5.74, 6) is 0. The molecule has 0 aliphatic rings. The van der Waals surface area contributed by atoms with Crippen LogP contribution in [0.3, 0.4) is 0 Å². The number of para-hydroxylation sites is 6. The molecule has 22 rings (SSSR count). The van der Waals surface area contributed by atoms with Gasteiger partial charge in [0, 0.05) is 112 Å². The Morgan fingerprint density at radius 2 is 0.429 bits per heavy atom. The molecule has 8 nitrogen and oxygen atoms in total. The van der Waals surface area contributed by atoms with Crippen LogP contribution in [0.25, 0.3) is 200 Å². The van der Waals surface area contributed by atoms with Crippen LogP contribution < -0.4 is 0 Å². The van der Waals surface area contributed by atoms with Gasteiger partial charge in [-0.1, -0.05) is 267 Å². The second-order valence-electron chi connectivity index (χ2n) is 28.6. The molecule has 0 unspecified atom stereocenters. The molecule has 0 spiro atoms. The van der Waals surface area contributed by atoms with Crippen molar-refractivity contribution in [2.75, 3.05) is 0 Å². The van der Waals surface area contributed by atoms with Gasteiger partial charge in [-0.05, 0) is 167 Å². The van der Waals surface area contributed by atoms with Crippen LogP contribution in [0.2, 0.25) is 0 Å². The maximum absolute atomic E-state index is 5.22. The normalized spacial score (nSPS) is 11.6. The van der Waals surface area contributed by atoms with Gasteiger partial charge in [0.1, 0.15) is 11.3 Å². The molecule has 0 radical (unpaired) electrons. The number of pyridine rings is 4. The SMILES string of the molecule is c1ccc(-c2cc(-c3cccc(-n4c5ccccc5c5cc(-c6ccc7c(c6)c6ccccc6n7-c6ccccc6)cnc54)c3)cc(-c3ccccc3)n2)cc1.c1ccc(-c2cc(-c3ccccc3)nc(-c3cccc(-n4c5ccccc5c5cc(-c6ccc7c(c6)c6ccccc6n7-c6ccccc6)cnc54)c3)c2)cc1. The molecule has 14 aromatic carbocycles. The van der Waals surface area contributed by atoms with Gasteiger partial charge in [0.05, 0.1) is 55.9 Å². The van der Waals surface area contributed by atoms with Gasteiger partial charge in [0.25, 0.3) is 0 Å². The lowest BCUT2D eigenvalue weighted by atomic mass is 9.99. The lowest BCUT2D eigenvalue weighted by Crippen LogP contribution is -1.97. The third-order valence-corrected chi connectivity index (χ3v) is 21.9. The van der Waals surface area contributed by atoms with Crippen molar-refractivity contribution in [1.82, 2.24) is 38.2 Å². The molecule has 22 aromatic rings. The van der Waals surface area contributed by atoms with E-state index in [2.05, 4.69) is 400 Å². The lowest BCUT2D eigenvalue weighted by Gasteiger charge is -2.13. The number of benzene rings is 14. The minimum atomic E-state index is 0.921. The van der Waals surface area contributed by atoms with Crippen LogP contribution in [0.5, 0.6) is 0 Å². The highest BCUT2D eigenvalue weighted by Gasteiger charge is 2.22. The van der Waals surface area contributed by atoms with Crippen molar-refractivity contribution in [2.24, 2.45) is 0 Å². The fourth-order valence-corrected chi connectivity index (χ4v) is 16.6. The summed E-state index contributed by atoms with van der Waals surface area (Å²) in [5, 5.41) is 9.50. The van der Waals surface area contributed by atoms with Gasteiger partial charge in [0.15, 0.2) is 0 Å². The van der Waals surface area contributed by atoms with E-state index in [-0.39, 0.29) is 0 Å². The van der Waals surface area contributed by atoms with Crippen molar-refractivity contribution in [2.45, 2.75) is 0 Å². The van der Waals surface area contributed by atoms with Crippen LogP contribution in [0.1, 0.15) is 0 Å². The topological polar surface area (TPSA) is 71.3 Å². The summed E-state index contributed by atoms with van der Waals surface area (Å²) in [4.78, 5) is 20.8. The molecular formula is C104H68N8. The first-order chi connectivity index (χ1) is 55.5. The molecule has 0 amide bonds. The maximum Gasteiger partial charge on any atom is 0.145 e. The van der Waals surface area contributed by atoms with Crippen LogP contribution >= 0.6 is 0 Å². The Bertz CT molecular complexity index is 6790. The summed E-state index contributed by atoms with van der Waals surface area (Å²) in [6.07, 6.45) is 4.05. The molecule has 112 heavy (non-hydrogen) atoms. The molecule has 0 bridgehead atoms. The Labute approximate surface area is 646 Å². The zero-order valence-electron chi connectivity index (χ0n) is 60.8. The van der Waals surface area contributed by atoms with Crippen molar-refractivity contribution in [3.8, 4) is 112 Å². The summed E-state index contributed by atoms with van der Waals surface area (Å²) in [5.41, 5.74) is 30.3. The number of fused-ring (bicyclic) bond motifs is 12. The third-order valence-electron chi connectivity index (χ3n) is 21.9. The fraction of sp³-hybridized carbons (Fsp3) is 0. The molecule has 0 aliphatic carbocycles. The Morgan fingerprint density at radius 3 is 0.839 bits per heavy atom. The zero-order chi connectivity index (χ0) is 74.0. The van der Waals surface area contributed by atoms with Crippen molar-refractivity contribution in [1.29, 1.82) is 0 Å². The number of rotatable bonds is 12. The van der Waals surface area contributed by atoms with Crippen molar-refractivity contribution in [3.05, 3.63) is 413 Å². The molecule has 0 saturated heterocycles. The van der Waals surface area contributed by atoms with Gasteiger partial charge in [-0.2, -0.15) is 0 Å². The predicted molar refractivity (Wildman–Crippen MR) is 465 cm³/mol. The van der Waals surface area contributed by atoms with E-state index < -0.39 is 0 Å². The predicted octanol–water partition coefficient (Wildman–Crippen LogP) is 26.7.